The first-order chi connectivity index (χ1) is 19.4. The summed E-state index contributed by atoms with van der Waals surface area (Å²) in [7, 11) is 0. The summed E-state index contributed by atoms with van der Waals surface area (Å²) in [5, 5.41) is 15.0. The Balaban J connectivity index is 1.56. The third-order valence-electron chi connectivity index (χ3n) is 7.24. The van der Waals surface area contributed by atoms with Gasteiger partial charge < -0.3 is 16.4 Å². The van der Waals surface area contributed by atoms with Crippen LogP contribution in [-0.2, 0) is 0 Å². The maximum absolute atomic E-state index is 12.9. The molecule has 0 aliphatic heterocycles. The molecular weight excluding hydrogens is 533 g/mol. The summed E-state index contributed by atoms with van der Waals surface area (Å²) in [5.41, 5.74) is 10.5. The number of nitriles is 1. The average Bonchev–Trinajstić information content (AvgIpc) is 3.54. The number of anilines is 1. The minimum absolute atomic E-state index is 0.329. The fourth-order valence-electron chi connectivity index (χ4n) is 4.80. The summed E-state index contributed by atoms with van der Waals surface area (Å²) in [6, 6.07) is 14.3. The van der Waals surface area contributed by atoms with Crippen LogP contribution < -0.4 is 16.4 Å². The number of rotatable bonds is 8. The second-order valence-electron chi connectivity index (χ2n) is 10.3. The van der Waals surface area contributed by atoms with Gasteiger partial charge >= 0.3 is 6.18 Å². The van der Waals surface area contributed by atoms with Crippen LogP contribution in [0.5, 0.6) is 0 Å². The third-order valence-corrected chi connectivity index (χ3v) is 7.24. The molecule has 2 aromatic heterocycles. The number of halogens is 3. The van der Waals surface area contributed by atoms with Crippen molar-refractivity contribution in [2.24, 2.45) is 5.73 Å². The zero-order chi connectivity index (χ0) is 29.5. The number of imidazole rings is 1. The predicted molar refractivity (Wildman–Crippen MR) is 148 cm³/mol. The highest BCUT2D eigenvalue weighted by atomic mass is 19.4. The Kier molecular flexibility index (Phi) is 6.95. The summed E-state index contributed by atoms with van der Waals surface area (Å²) in [6.07, 6.45) is -0.651. The molecule has 0 radical (unpaired) electrons. The zero-order valence-electron chi connectivity index (χ0n) is 22.4. The fourth-order valence-corrected chi connectivity index (χ4v) is 4.80. The Hall–Kier alpha value is -4.85. The number of amides is 2. The van der Waals surface area contributed by atoms with Gasteiger partial charge in [0.15, 0.2) is 5.65 Å². The first-order valence-corrected chi connectivity index (χ1v) is 13.0. The van der Waals surface area contributed by atoms with E-state index < -0.39 is 24.0 Å². The van der Waals surface area contributed by atoms with E-state index in [1.54, 1.807) is 60.8 Å². The van der Waals surface area contributed by atoms with E-state index in [4.69, 9.17) is 5.73 Å². The number of carbonyl (C=O) groups is 2. The summed E-state index contributed by atoms with van der Waals surface area (Å²) in [6.45, 7) is 3.22. The van der Waals surface area contributed by atoms with Gasteiger partial charge in [-0.15, -0.1) is 0 Å². The zero-order valence-corrected chi connectivity index (χ0v) is 22.4. The molecular formula is C30H27F3N6O2. The van der Waals surface area contributed by atoms with Crippen LogP contribution >= 0.6 is 0 Å². The topological polar surface area (TPSA) is 125 Å². The number of pyridine rings is 1. The SMILES string of the molecule is Cc1cc(-c2cnc3c(NCCC(F)(F)F)cc(-c4ccc(C(=O)NC5(C#N)CC5)c(C)c4)cn23)ccc1C(N)=O. The van der Waals surface area contributed by atoms with Crippen LogP contribution in [0.15, 0.2) is 54.9 Å². The average molecular weight is 561 g/mol. The number of fused-ring (bicyclic) bond motifs is 1. The Morgan fingerprint density at radius 1 is 1.05 bits per heavy atom. The molecule has 0 spiro atoms. The first kappa shape index (κ1) is 27.7. The van der Waals surface area contributed by atoms with Crippen LogP contribution in [0.2, 0.25) is 0 Å². The van der Waals surface area contributed by atoms with Gasteiger partial charge in [-0.05, 0) is 67.6 Å². The van der Waals surface area contributed by atoms with Gasteiger partial charge in [-0.25, -0.2) is 4.98 Å². The number of nitrogens with one attached hydrogen (secondary N) is 2. The third kappa shape index (κ3) is 5.72. The molecule has 41 heavy (non-hydrogen) atoms. The maximum atomic E-state index is 12.9. The van der Waals surface area contributed by atoms with E-state index >= 15 is 0 Å². The second-order valence-corrected chi connectivity index (χ2v) is 10.3. The summed E-state index contributed by atoms with van der Waals surface area (Å²) in [4.78, 5) is 29.0. The molecule has 5 rings (SSSR count). The smallest absolute Gasteiger partial charge is 0.382 e. The van der Waals surface area contributed by atoms with Crippen molar-refractivity contribution in [3.63, 3.8) is 0 Å². The monoisotopic (exact) mass is 560 g/mol. The molecule has 1 saturated carbocycles. The number of carbonyl (C=O) groups excluding carboxylic acids is 2. The normalized spacial score (nSPS) is 14.0. The molecule has 8 nitrogen and oxygen atoms in total. The van der Waals surface area contributed by atoms with Gasteiger partial charge in [0.2, 0.25) is 5.91 Å². The van der Waals surface area contributed by atoms with Crippen molar-refractivity contribution < 1.29 is 22.8 Å². The summed E-state index contributed by atoms with van der Waals surface area (Å²) >= 11 is 0. The van der Waals surface area contributed by atoms with Crippen LogP contribution in [0.25, 0.3) is 28.0 Å². The van der Waals surface area contributed by atoms with Gasteiger partial charge in [0, 0.05) is 35.0 Å². The van der Waals surface area contributed by atoms with E-state index in [9.17, 15) is 28.0 Å². The molecule has 4 aromatic rings. The number of hydrogen-bond acceptors (Lipinski definition) is 5. The molecule has 0 saturated heterocycles. The lowest BCUT2D eigenvalue weighted by molar-refractivity contribution is -0.131. The van der Waals surface area contributed by atoms with E-state index in [0.29, 0.717) is 57.7 Å². The molecule has 1 aliphatic rings. The highest BCUT2D eigenvalue weighted by Gasteiger charge is 2.44. The Morgan fingerprint density at radius 3 is 2.32 bits per heavy atom. The van der Waals surface area contributed by atoms with Crippen molar-refractivity contribution in [1.29, 1.82) is 5.26 Å². The highest BCUT2D eigenvalue weighted by molar-refractivity contribution is 5.97. The maximum Gasteiger partial charge on any atom is 0.390 e. The lowest BCUT2D eigenvalue weighted by atomic mass is 9.99. The van der Waals surface area contributed by atoms with Crippen molar-refractivity contribution in [3.05, 3.63) is 77.1 Å². The summed E-state index contributed by atoms with van der Waals surface area (Å²) in [5.74, 6) is -0.872. The highest BCUT2D eigenvalue weighted by Crippen LogP contribution is 2.35. The van der Waals surface area contributed by atoms with E-state index in [2.05, 4.69) is 21.7 Å². The first-order valence-electron chi connectivity index (χ1n) is 13.0. The van der Waals surface area contributed by atoms with E-state index in [1.165, 1.54) is 0 Å². The van der Waals surface area contributed by atoms with Crippen molar-refractivity contribution in [3.8, 4) is 28.5 Å². The second kappa shape index (κ2) is 10.3. The van der Waals surface area contributed by atoms with Gasteiger partial charge in [-0.2, -0.15) is 18.4 Å². The standard InChI is InChI=1S/C30H27F3N6O2/c1-17-12-20(4-5-22(17)26(35)40)25-14-37-27-24(36-10-9-30(31,32)33)13-21(15-39(25)27)19-3-6-23(18(2)11-19)28(41)38-29(16-34)7-8-29/h3-6,11-15,36H,7-10H2,1-2H3,(H2,35,40)(H,38,41). The minimum atomic E-state index is -4.32. The van der Waals surface area contributed by atoms with Crippen LogP contribution in [0, 0.1) is 25.2 Å². The number of alkyl halides is 3. The quantitative estimate of drug-likeness (QED) is 0.261. The number of nitrogens with zero attached hydrogens (tertiary/aromatic N) is 3. The molecule has 4 N–H and O–H groups in total. The molecule has 11 heteroatoms. The number of aromatic nitrogens is 2. The molecule has 2 heterocycles. The van der Waals surface area contributed by atoms with Gasteiger partial charge in [0.1, 0.15) is 5.54 Å². The van der Waals surface area contributed by atoms with Crippen molar-refractivity contribution in [1.82, 2.24) is 14.7 Å². The molecule has 2 aromatic carbocycles. The van der Waals surface area contributed by atoms with Crippen molar-refractivity contribution in [2.45, 2.75) is 44.8 Å². The fraction of sp³-hybridized carbons (Fsp3) is 0.267. The van der Waals surface area contributed by atoms with E-state index in [-0.39, 0.29) is 12.5 Å². The van der Waals surface area contributed by atoms with Crippen molar-refractivity contribution >= 4 is 23.1 Å². The molecule has 2 amide bonds. The number of aryl methyl sites for hydroxylation is 2. The van der Waals surface area contributed by atoms with E-state index in [0.717, 1.165) is 11.1 Å². The molecule has 210 valence electrons. The van der Waals surface area contributed by atoms with E-state index in [1.807, 2.05) is 12.3 Å². The number of primary amides is 1. The lowest BCUT2D eigenvalue weighted by Crippen LogP contribution is -2.35. The van der Waals surface area contributed by atoms with Gasteiger partial charge in [-0.3, -0.25) is 14.0 Å². The predicted octanol–water partition coefficient (Wildman–Crippen LogP) is 5.53. The minimum Gasteiger partial charge on any atom is -0.382 e. The number of benzene rings is 2. The lowest BCUT2D eigenvalue weighted by Gasteiger charge is -2.15. The Bertz CT molecular complexity index is 1730. The Morgan fingerprint density at radius 2 is 1.71 bits per heavy atom. The number of nitrogens with two attached hydrogens (primary N) is 1. The molecule has 0 unspecified atom stereocenters. The molecule has 0 bridgehead atoms. The number of hydrogen-bond donors (Lipinski definition) is 3. The molecule has 0 atom stereocenters. The van der Waals surface area contributed by atoms with Gasteiger partial charge in [-0.1, -0.05) is 18.2 Å². The molecule has 1 aliphatic carbocycles. The van der Waals surface area contributed by atoms with Gasteiger partial charge in [0.05, 0.1) is 30.1 Å². The van der Waals surface area contributed by atoms with Crippen LogP contribution in [0.4, 0.5) is 18.9 Å². The van der Waals surface area contributed by atoms with Crippen LogP contribution in [0.1, 0.15) is 51.1 Å². The van der Waals surface area contributed by atoms with Crippen LogP contribution in [0.3, 0.4) is 0 Å². The van der Waals surface area contributed by atoms with Crippen molar-refractivity contribution in [2.75, 3.05) is 11.9 Å². The molecule has 1 fully saturated rings. The Labute approximate surface area is 234 Å². The van der Waals surface area contributed by atoms with Crippen LogP contribution in [-0.4, -0.2) is 39.5 Å². The largest absolute Gasteiger partial charge is 0.390 e. The summed E-state index contributed by atoms with van der Waals surface area (Å²) < 4.78 is 40.5. The van der Waals surface area contributed by atoms with Gasteiger partial charge in [0.25, 0.3) is 5.91 Å².